The molecule has 1 fully saturated rings. The van der Waals surface area contributed by atoms with Crippen LogP contribution in [-0.2, 0) is 17.9 Å². The van der Waals surface area contributed by atoms with Crippen LogP contribution in [0.5, 0.6) is 0 Å². The van der Waals surface area contributed by atoms with E-state index in [9.17, 15) is 4.79 Å². The van der Waals surface area contributed by atoms with Crippen molar-refractivity contribution < 1.29 is 4.79 Å². The molecule has 1 aliphatic carbocycles. The molecule has 0 radical (unpaired) electrons. The summed E-state index contributed by atoms with van der Waals surface area (Å²) in [5.74, 6) is 0.550. The van der Waals surface area contributed by atoms with E-state index in [1.807, 2.05) is 24.1 Å². The molecule has 0 heterocycles. The number of hydrogen-bond acceptors (Lipinski definition) is 2. The number of carbonyl (C=O) groups excluding carboxylic acids is 1. The number of hydrogen-bond donors (Lipinski definition) is 1. The molecular weight excluding hydrogens is 236 g/mol. The molecule has 1 saturated carbocycles. The minimum Gasteiger partial charge on any atom is -0.341 e. The quantitative estimate of drug-likeness (QED) is 0.904. The largest absolute Gasteiger partial charge is 0.341 e. The van der Waals surface area contributed by atoms with Crippen LogP contribution in [0.1, 0.15) is 43.2 Å². The van der Waals surface area contributed by atoms with Gasteiger partial charge in [0.15, 0.2) is 0 Å². The topological polar surface area (TPSA) is 46.3 Å². The molecule has 3 nitrogen and oxygen atoms in total. The van der Waals surface area contributed by atoms with Crippen LogP contribution < -0.4 is 5.73 Å². The summed E-state index contributed by atoms with van der Waals surface area (Å²) in [6, 6.07) is 8.18. The van der Waals surface area contributed by atoms with Crippen molar-refractivity contribution in [1.29, 1.82) is 0 Å². The molecule has 3 heteroatoms. The zero-order valence-corrected chi connectivity index (χ0v) is 11.8. The average molecular weight is 260 g/mol. The third kappa shape index (κ3) is 3.80. The summed E-state index contributed by atoms with van der Waals surface area (Å²) in [4.78, 5) is 14.2. The Labute approximate surface area is 115 Å². The number of benzene rings is 1. The highest BCUT2D eigenvalue weighted by Crippen LogP contribution is 2.25. The second-order valence-electron chi connectivity index (χ2n) is 5.55. The molecule has 104 valence electrons. The van der Waals surface area contributed by atoms with Crippen molar-refractivity contribution in [3.8, 4) is 0 Å². The second kappa shape index (κ2) is 6.71. The van der Waals surface area contributed by atoms with Crippen molar-refractivity contribution in [2.45, 2.75) is 45.2 Å². The van der Waals surface area contributed by atoms with Crippen LogP contribution in [0.25, 0.3) is 0 Å². The number of amides is 1. The lowest BCUT2D eigenvalue weighted by Crippen LogP contribution is -2.33. The Kier molecular flexibility index (Phi) is 4.97. The normalized spacial score (nSPS) is 16.3. The summed E-state index contributed by atoms with van der Waals surface area (Å²) in [7, 11) is 1.91. The van der Waals surface area contributed by atoms with Gasteiger partial charge in [-0.05, 0) is 24.0 Å². The predicted octanol–water partition coefficient (Wildman–Crippen LogP) is 2.68. The van der Waals surface area contributed by atoms with Crippen molar-refractivity contribution in [1.82, 2.24) is 4.90 Å². The molecule has 0 atom stereocenters. The smallest absolute Gasteiger partial charge is 0.225 e. The Morgan fingerprint density at radius 3 is 2.63 bits per heavy atom. The van der Waals surface area contributed by atoms with Gasteiger partial charge < -0.3 is 10.6 Å². The molecule has 1 aromatic carbocycles. The molecule has 0 aliphatic heterocycles. The number of nitrogens with zero attached hydrogens (tertiary/aromatic N) is 1. The van der Waals surface area contributed by atoms with E-state index in [4.69, 9.17) is 5.73 Å². The highest BCUT2D eigenvalue weighted by molar-refractivity contribution is 5.78. The molecule has 0 saturated heterocycles. The van der Waals surface area contributed by atoms with Crippen LogP contribution in [0.2, 0.25) is 0 Å². The molecule has 2 rings (SSSR count). The summed E-state index contributed by atoms with van der Waals surface area (Å²) in [6.45, 7) is 1.23. The van der Waals surface area contributed by atoms with Crippen molar-refractivity contribution in [2.24, 2.45) is 11.7 Å². The highest BCUT2D eigenvalue weighted by Gasteiger charge is 2.23. The van der Waals surface area contributed by atoms with Crippen LogP contribution in [-0.4, -0.2) is 17.9 Å². The Morgan fingerprint density at radius 1 is 1.26 bits per heavy atom. The molecule has 19 heavy (non-hydrogen) atoms. The van der Waals surface area contributed by atoms with Crippen LogP contribution >= 0.6 is 0 Å². The van der Waals surface area contributed by atoms with E-state index < -0.39 is 0 Å². The van der Waals surface area contributed by atoms with E-state index in [0.29, 0.717) is 19.0 Å². The molecule has 0 spiro atoms. The summed E-state index contributed by atoms with van der Waals surface area (Å²) < 4.78 is 0. The van der Waals surface area contributed by atoms with Gasteiger partial charge in [0.25, 0.3) is 0 Å². The summed E-state index contributed by atoms with van der Waals surface area (Å²) >= 11 is 0. The first-order valence-electron chi connectivity index (χ1n) is 7.23. The lowest BCUT2D eigenvalue weighted by atomic mass is 9.88. The van der Waals surface area contributed by atoms with Crippen LogP contribution in [0.4, 0.5) is 0 Å². The van der Waals surface area contributed by atoms with Crippen molar-refractivity contribution in [3.63, 3.8) is 0 Å². The van der Waals surface area contributed by atoms with Crippen molar-refractivity contribution >= 4 is 5.91 Å². The van der Waals surface area contributed by atoms with E-state index in [1.165, 1.54) is 19.3 Å². The van der Waals surface area contributed by atoms with Gasteiger partial charge >= 0.3 is 0 Å². The third-order valence-electron chi connectivity index (χ3n) is 3.98. The van der Waals surface area contributed by atoms with E-state index in [2.05, 4.69) is 12.1 Å². The Hall–Kier alpha value is -1.35. The van der Waals surface area contributed by atoms with Crippen molar-refractivity contribution in [2.75, 3.05) is 7.05 Å². The Morgan fingerprint density at radius 2 is 1.95 bits per heavy atom. The number of nitrogens with two attached hydrogens (primary N) is 1. The molecular formula is C16H24N2O. The van der Waals surface area contributed by atoms with Gasteiger partial charge in [0.2, 0.25) is 5.91 Å². The minimum absolute atomic E-state index is 0.247. The minimum atomic E-state index is 0.247. The van der Waals surface area contributed by atoms with E-state index in [1.54, 1.807) is 0 Å². The van der Waals surface area contributed by atoms with Gasteiger partial charge in [-0.3, -0.25) is 4.79 Å². The fourth-order valence-corrected chi connectivity index (χ4v) is 2.87. The SMILES string of the molecule is CN(Cc1cccc(CN)c1)C(=O)C1CCCCC1. The second-order valence-corrected chi connectivity index (χ2v) is 5.55. The molecule has 1 aromatic rings. The van der Waals surface area contributed by atoms with Gasteiger partial charge in [-0.25, -0.2) is 0 Å². The van der Waals surface area contributed by atoms with Crippen LogP contribution in [0.3, 0.4) is 0 Å². The number of carbonyl (C=O) groups is 1. The zero-order chi connectivity index (χ0) is 13.7. The summed E-state index contributed by atoms with van der Waals surface area (Å²) in [5.41, 5.74) is 7.93. The highest BCUT2D eigenvalue weighted by atomic mass is 16.2. The van der Waals surface area contributed by atoms with Gasteiger partial charge in [-0.1, -0.05) is 43.5 Å². The first-order chi connectivity index (χ1) is 9.20. The standard InChI is InChI=1S/C16H24N2O/c1-18(16(19)15-8-3-2-4-9-15)12-14-7-5-6-13(10-14)11-17/h5-7,10,15H,2-4,8-9,11-12,17H2,1H3. The molecule has 0 bridgehead atoms. The molecule has 1 amide bonds. The number of rotatable bonds is 4. The lowest BCUT2D eigenvalue weighted by molar-refractivity contribution is -0.135. The van der Waals surface area contributed by atoms with E-state index in [-0.39, 0.29) is 5.92 Å². The van der Waals surface area contributed by atoms with Crippen LogP contribution in [0.15, 0.2) is 24.3 Å². The molecule has 2 N–H and O–H groups in total. The Bertz CT molecular complexity index is 425. The Balaban J connectivity index is 1.95. The lowest BCUT2D eigenvalue weighted by Gasteiger charge is -2.26. The first-order valence-corrected chi connectivity index (χ1v) is 7.23. The maximum Gasteiger partial charge on any atom is 0.225 e. The third-order valence-corrected chi connectivity index (χ3v) is 3.98. The molecule has 0 aromatic heterocycles. The van der Waals surface area contributed by atoms with E-state index in [0.717, 1.165) is 24.0 Å². The van der Waals surface area contributed by atoms with Gasteiger partial charge in [0.1, 0.15) is 0 Å². The van der Waals surface area contributed by atoms with E-state index >= 15 is 0 Å². The molecule has 0 unspecified atom stereocenters. The maximum atomic E-state index is 12.4. The fourth-order valence-electron chi connectivity index (χ4n) is 2.87. The van der Waals surface area contributed by atoms with Crippen LogP contribution in [0, 0.1) is 5.92 Å². The van der Waals surface area contributed by atoms with Gasteiger partial charge in [-0.2, -0.15) is 0 Å². The molecule has 1 aliphatic rings. The summed E-state index contributed by atoms with van der Waals surface area (Å²) in [5, 5.41) is 0. The zero-order valence-electron chi connectivity index (χ0n) is 11.8. The van der Waals surface area contributed by atoms with Crippen molar-refractivity contribution in [3.05, 3.63) is 35.4 Å². The predicted molar refractivity (Wildman–Crippen MR) is 77.4 cm³/mol. The van der Waals surface area contributed by atoms with Gasteiger partial charge in [-0.15, -0.1) is 0 Å². The van der Waals surface area contributed by atoms with Gasteiger partial charge in [0.05, 0.1) is 0 Å². The fraction of sp³-hybridized carbons (Fsp3) is 0.562. The average Bonchev–Trinajstić information content (AvgIpc) is 2.47. The summed E-state index contributed by atoms with van der Waals surface area (Å²) in [6.07, 6.45) is 5.81. The maximum absolute atomic E-state index is 12.4. The monoisotopic (exact) mass is 260 g/mol. The van der Waals surface area contributed by atoms with Gasteiger partial charge in [0, 0.05) is 26.1 Å². The first kappa shape index (κ1) is 14.1.